The van der Waals surface area contributed by atoms with Crippen LogP contribution in [-0.4, -0.2) is 45.8 Å². The molecule has 0 atom stereocenters. The van der Waals surface area contributed by atoms with Crippen LogP contribution in [0, 0.1) is 10.1 Å². The predicted molar refractivity (Wildman–Crippen MR) is 114 cm³/mol. The lowest BCUT2D eigenvalue weighted by molar-refractivity contribution is -0.385. The summed E-state index contributed by atoms with van der Waals surface area (Å²) in [5.74, 6) is 0.385. The number of nitro benzene ring substituents is 1. The fourth-order valence-electron chi connectivity index (χ4n) is 2.61. The summed E-state index contributed by atoms with van der Waals surface area (Å²) >= 11 is 9.56. The van der Waals surface area contributed by atoms with E-state index in [-0.39, 0.29) is 18.8 Å². The van der Waals surface area contributed by atoms with Gasteiger partial charge < -0.3 is 5.11 Å². The van der Waals surface area contributed by atoms with Crippen molar-refractivity contribution in [3.8, 4) is 0 Å². The summed E-state index contributed by atoms with van der Waals surface area (Å²) < 4.78 is 0. The minimum absolute atomic E-state index is 0.108. The Morgan fingerprint density at radius 3 is 2.79 bits per heavy atom. The number of aliphatic hydroxyl groups excluding tert-OH is 1. The molecule has 8 nitrogen and oxygen atoms in total. The second-order valence-electron chi connectivity index (χ2n) is 5.71. The van der Waals surface area contributed by atoms with E-state index in [0.29, 0.717) is 44.4 Å². The molecule has 2 N–H and O–H groups in total. The molecule has 0 spiro atoms. The van der Waals surface area contributed by atoms with E-state index in [1.165, 1.54) is 6.07 Å². The number of benzene rings is 2. The molecule has 0 saturated carbocycles. The summed E-state index contributed by atoms with van der Waals surface area (Å²) in [5.41, 5.74) is 4.79. The largest absolute Gasteiger partial charge is 0.390 e. The van der Waals surface area contributed by atoms with E-state index in [1.54, 1.807) is 36.4 Å². The Bertz CT molecular complexity index is 1000. The first kappa shape index (κ1) is 20.1. The molecular weight excluding hydrogens is 450 g/mol. The van der Waals surface area contributed by atoms with Crippen molar-refractivity contribution < 1.29 is 10.0 Å². The van der Waals surface area contributed by atoms with Crippen LogP contribution < -0.4 is 5.43 Å². The van der Waals surface area contributed by atoms with Gasteiger partial charge in [-0.1, -0.05) is 51.8 Å². The molecule has 3 rings (SSSR count). The van der Waals surface area contributed by atoms with Crippen molar-refractivity contribution in [3.63, 3.8) is 0 Å². The number of aliphatic hydroxyl groups is 1. The number of aliphatic imine (C=N–C) groups is 2. The van der Waals surface area contributed by atoms with E-state index in [1.807, 2.05) is 0 Å². The van der Waals surface area contributed by atoms with Crippen LogP contribution in [0.3, 0.4) is 0 Å². The van der Waals surface area contributed by atoms with Gasteiger partial charge in [0.15, 0.2) is 0 Å². The van der Waals surface area contributed by atoms with Gasteiger partial charge >= 0.3 is 0 Å². The summed E-state index contributed by atoms with van der Waals surface area (Å²) in [6.45, 7) is -0.112. The van der Waals surface area contributed by atoms with Crippen LogP contribution in [0.5, 0.6) is 0 Å². The number of nitrogens with zero attached hydrogens (tertiary/aromatic N) is 4. The topological polar surface area (TPSA) is 112 Å². The average Bonchev–Trinajstić information content (AvgIpc) is 2.88. The molecule has 1 aliphatic heterocycles. The molecule has 0 fully saturated rings. The van der Waals surface area contributed by atoms with Gasteiger partial charge in [0.1, 0.15) is 11.4 Å². The van der Waals surface area contributed by atoms with Crippen molar-refractivity contribution in [1.29, 1.82) is 0 Å². The molecule has 0 bridgehead atoms. The Kier molecular flexibility index (Phi) is 6.50. The normalized spacial score (nSPS) is 13.9. The van der Waals surface area contributed by atoms with Crippen LogP contribution in [0.25, 0.3) is 0 Å². The minimum Gasteiger partial charge on any atom is -0.390 e. The molecule has 1 aliphatic rings. The number of halogens is 2. The van der Waals surface area contributed by atoms with Gasteiger partial charge in [0.25, 0.3) is 5.69 Å². The van der Waals surface area contributed by atoms with Crippen LogP contribution in [0.2, 0.25) is 5.02 Å². The SMILES string of the molecule is O=[N+]([O-])c1cccc2c1C(c1ccccc1Cl)=NCC(NN=C(CO)CBr)=N2. The molecule has 0 unspecified atom stereocenters. The Morgan fingerprint density at radius 1 is 1.32 bits per heavy atom. The van der Waals surface area contributed by atoms with E-state index in [4.69, 9.17) is 11.6 Å². The lowest BCUT2D eigenvalue weighted by atomic mass is 9.99. The highest BCUT2D eigenvalue weighted by Gasteiger charge is 2.26. The molecular formula is C18H15BrClN5O3. The van der Waals surface area contributed by atoms with E-state index >= 15 is 0 Å². The van der Waals surface area contributed by atoms with E-state index in [2.05, 4.69) is 36.4 Å². The molecule has 10 heteroatoms. The summed E-state index contributed by atoms with van der Waals surface area (Å²) in [4.78, 5) is 20.2. The lowest BCUT2D eigenvalue weighted by Gasteiger charge is -2.10. The Morgan fingerprint density at radius 2 is 2.11 bits per heavy atom. The number of nitro groups is 1. The highest BCUT2D eigenvalue weighted by Crippen LogP contribution is 2.34. The number of hydrazone groups is 1. The first-order valence-electron chi connectivity index (χ1n) is 8.18. The maximum atomic E-state index is 11.6. The zero-order chi connectivity index (χ0) is 20.1. The number of hydrogen-bond acceptors (Lipinski definition) is 7. The summed E-state index contributed by atoms with van der Waals surface area (Å²) in [5, 5.41) is 25.8. The van der Waals surface area contributed by atoms with Gasteiger partial charge in [-0.25, -0.2) is 4.99 Å². The van der Waals surface area contributed by atoms with Crippen molar-refractivity contribution in [2.24, 2.45) is 15.1 Å². The quantitative estimate of drug-likeness (QED) is 0.305. The Labute approximate surface area is 173 Å². The lowest BCUT2D eigenvalue weighted by Crippen LogP contribution is -2.24. The number of rotatable bonds is 5. The van der Waals surface area contributed by atoms with Gasteiger partial charge in [-0.2, -0.15) is 5.10 Å². The second kappa shape index (κ2) is 9.05. The highest BCUT2D eigenvalue weighted by molar-refractivity contribution is 9.09. The number of hydrogen-bond donors (Lipinski definition) is 2. The van der Waals surface area contributed by atoms with Gasteiger partial charge in [0, 0.05) is 22.0 Å². The molecule has 28 heavy (non-hydrogen) atoms. The fraction of sp³-hybridized carbons (Fsp3) is 0.167. The summed E-state index contributed by atoms with van der Waals surface area (Å²) in [6, 6.07) is 11.7. The Hall–Kier alpha value is -2.62. The van der Waals surface area contributed by atoms with Crippen molar-refractivity contribution in [2.75, 3.05) is 18.5 Å². The molecule has 0 aromatic heterocycles. The van der Waals surface area contributed by atoms with Gasteiger partial charge in [0.05, 0.1) is 35.2 Å². The van der Waals surface area contributed by atoms with Crippen molar-refractivity contribution in [1.82, 2.24) is 5.43 Å². The fourth-order valence-corrected chi connectivity index (χ4v) is 3.14. The third-order valence-electron chi connectivity index (χ3n) is 3.91. The van der Waals surface area contributed by atoms with Crippen LogP contribution >= 0.6 is 27.5 Å². The van der Waals surface area contributed by atoms with Gasteiger partial charge in [-0.15, -0.1) is 0 Å². The van der Waals surface area contributed by atoms with E-state index in [9.17, 15) is 15.2 Å². The smallest absolute Gasteiger partial charge is 0.280 e. The zero-order valence-corrected chi connectivity index (χ0v) is 16.8. The van der Waals surface area contributed by atoms with Crippen molar-refractivity contribution >= 4 is 56.2 Å². The Balaban J connectivity index is 2.15. The number of fused-ring (bicyclic) bond motifs is 1. The molecule has 0 radical (unpaired) electrons. The van der Waals surface area contributed by atoms with Crippen molar-refractivity contribution in [3.05, 3.63) is 68.7 Å². The number of alkyl halides is 1. The van der Waals surface area contributed by atoms with Gasteiger partial charge in [0.2, 0.25) is 0 Å². The van der Waals surface area contributed by atoms with Crippen LogP contribution in [0.4, 0.5) is 11.4 Å². The average molecular weight is 465 g/mol. The van der Waals surface area contributed by atoms with E-state index in [0.717, 1.165) is 0 Å². The molecule has 2 aromatic rings. The van der Waals surface area contributed by atoms with Gasteiger partial charge in [-0.3, -0.25) is 20.5 Å². The first-order valence-corrected chi connectivity index (χ1v) is 9.68. The third kappa shape index (κ3) is 4.27. The first-order chi connectivity index (χ1) is 13.5. The minimum atomic E-state index is -0.466. The third-order valence-corrected chi connectivity index (χ3v) is 4.88. The maximum Gasteiger partial charge on any atom is 0.280 e. The monoisotopic (exact) mass is 463 g/mol. The van der Waals surface area contributed by atoms with E-state index < -0.39 is 4.92 Å². The molecule has 1 heterocycles. The predicted octanol–water partition coefficient (Wildman–Crippen LogP) is 3.46. The summed E-state index contributed by atoms with van der Waals surface area (Å²) in [6.07, 6.45) is 0. The summed E-state index contributed by atoms with van der Waals surface area (Å²) in [7, 11) is 0. The standard InChI is InChI=1S/C18H15BrClN5O3/c19-8-11(10-26)23-24-16-9-21-18(12-4-1-2-5-13(12)20)17-14(22-16)6-3-7-15(17)25(27)28/h1-7,26H,8-10H2,(H,22,24). The maximum absolute atomic E-state index is 11.6. The zero-order valence-electron chi connectivity index (χ0n) is 14.5. The highest BCUT2D eigenvalue weighted by atomic mass is 79.9. The van der Waals surface area contributed by atoms with Crippen LogP contribution in [0.15, 0.2) is 57.6 Å². The molecule has 0 amide bonds. The second-order valence-corrected chi connectivity index (χ2v) is 6.68. The molecule has 2 aromatic carbocycles. The van der Waals surface area contributed by atoms with Crippen LogP contribution in [0.1, 0.15) is 11.1 Å². The molecule has 0 aliphatic carbocycles. The van der Waals surface area contributed by atoms with Crippen molar-refractivity contribution in [2.45, 2.75) is 0 Å². The molecule has 0 saturated heterocycles. The number of amidine groups is 1. The molecule has 144 valence electrons. The number of nitrogens with one attached hydrogen (secondary N) is 1. The van der Waals surface area contributed by atoms with Crippen LogP contribution in [-0.2, 0) is 0 Å². The van der Waals surface area contributed by atoms with Gasteiger partial charge in [-0.05, 0) is 12.1 Å².